The van der Waals surface area contributed by atoms with Crippen molar-refractivity contribution < 1.29 is 4.63 Å². The van der Waals surface area contributed by atoms with E-state index in [1.165, 1.54) is 0 Å². The normalized spacial score (nSPS) is 11.2. The predicted octanol–water partition coefficient (Wildman–Crippen LogP) is 4.73. The molecule has 0 aliphatic rings. The zero-order valence-corrected chi connectivity index (χ0v) is 16.8. The smallest absolute Gasteiger partial charge is 0.245 e. The van der Waals surface area contributed by atoms with Crippen LogP contribution in [0.1, 0.15) is 5.56 Å². The second kappa shape index (κ2) is 7.80. The summed E-state index contributed by atoms with van der Waals surface area (Å²) in [4.78, 5) is 8.76. The summed E-state index contributed by atoms with van der Waals surface area (Å²) in [5.74, 6) is 0.850. The fourth-order valence-corrected chi connectivity index (χ4v) is 2.72. The number of nitrogens with one attached hydrogen (secondary N) is 2. The monoisotopic (exact) mass is 487 g/mol. The van der Waals surface area contributed by atoms with Crippen LogP contribution in [0.5, 0.6) is 0 Å². The Labute approximate surface area is 170 Å². The van der Waals surface area contributed by atoms with E-state index < -0.39 is 0 Å². The van der Waals surface area contributed by atoms with Crippen LogP contribution in [0.4, 0.5) is 17.3 Å². The summed E-state index contributed by atoms with van der Waals surface area (Å²) in [6, 6.07) is 15.4. The molecule has 0 amide bonds. The molecule has 2 aromatic carbocycles. The van der Waals surface area contributed by atoms with Gasteiger partial charge in [-0.15, -0.1) is 0 Å². The Balaban J connectivity index is 1.61. The summed E-state index contributed by atoms with van der Waals surface area (Å²) in [5, 5.41) is 14.9. The third-order valence-electron chi connectivity index (χ3n) is 3.48. The van der Waals surface area contributed by atoms with Gasteiger partial charge in [0.25, 0.3) is 0 Å². The van der Waals surface area contributed by atoms with Crippen molar-refractivity contribution in [1.82, 2.24) is 20.3 Å². The second-order valence-electron chi connectivity index (χ2n) is 5.39. The molecule has 2 N–H and O–H groups in total. The lowest BCUT2D eigenvalue weighted by atomic mass is 10.2. The zero-order chi connectivity index (χ0) is 18.6. The van der Waals surface area contributed by atoms with E-state index in [9.17, 15) is 0 Å². The minimum Gasteiger partial charge on any atom is -0.337 e. The first kappa shape index (κ1) is 17.6. The number of halogens is 2. The van der Waals surface area contributed by atoms with Gasteiger partial charge in [0.05, 0.1) is 6.21 Å². The molecular weight excluding hydrogens is 478 g/mol. The van der Waals surface area contributed by atoms with Crippen molar-refractivity contribution >= 4 is 66.7 Å². The molecule has 0 aliphatic heterocycles. The number of rotatable bonds is 5. The summed E-state index contributed by atoms with van der Waals surface area (Å²) in [6.07, 6.45) is 1.68. The van der Waals surface area contributed by atoms with Crippen LogP contribution in [0, 0.1) is 0 Å². The average molecular weight is 489 g/mol. The van der Waals surface area contributed by atoms with Gasteiger partial charge in [0.1, 0.15) is 0 Å². The highest BCUT2D eigenvalue weighted by atomic mass is 79.9. The molecule has 2 heterocycles. The Morgan fingerprint density at radius 2 is 1.41 bits per heavy atom. The molecule has 2 aromatic heterocycles. The topological polar surface area (TPSA) is 101 Å². The molecule has 0 saturated heterocycles. The van der Waals surface area contributed by atoms with Gasteiger partial charge in [-0.1, -0.05) is 44.0 Å². The molecular formula is C17H11Br2N7O. The van der Waals surface area contributed by atoms with Crippen LogP contribution < -0.4 is 10.7 Å². The molecule has 0 radical (unpaired) electrons. The maximum atomic E-state index is 4.70. The fraction of sp³-hybridized carbons (Fsp3) is 0. The van der Waals surface area contributed by atoms with Crippen molar-refractivity contribution in [2.75, 3.05) is 10.7 Å². The molecule has 0 saturated carbocycles. The second-order valence-corrected chi connectivity index (χ2v) is 7.22. The molecule has 4 rings (SSSR count). The van der Waals surface area contributed by atoms with Crippen molar-refractivity contribution in [3.63, 3.8) is 0 Å². The zero-order valence-electron chi connectivity index (χ0n) is 13.6. The summed E-state index contributed by atoms with van der Waals surface area (Å²) < 4.78 is 6.68. The van der Waals surface area contributed by atoms with E-state index in [0.717, 1.165) is 20.2 Å². The van der Waals surface area contributed by atoms with E-state index in [1.54, 1.807) is 6.21 Å². The number of hydrogen-bond donors (Lipinski definition) is 2. The number of hydrogen-bond acceptors (Lipinski definition) is 8. The summed E-state index contributed by atoms with van der Waals surface area (Å²) >= 11 is 6.82. The van der Waals surface area contributed by atoms with Crippen molar-refractivity contribution in [2.45, 2.75) is 0 Å². The maximum absolute atomic E-state index is 4.70. The first-order chi connectivity index (χ1) is 13.2. The van der Waals surface area contributed by atoms with E-state index in [-0.39, 0.29) is 5.65 Å². The summed E-state index contributed by atoms with van der Waals surface area (Å²) in [7, 11) is 0. The Morgan fingerprint density at radius 1 is 0.815 bits per heavy atom. The lowest BCUT2D eigenvalue weighted by molar-refractivity contribution is 0.314. The molecule has 10 heteroatoms. The van der Waals surface area contributed by atoms with Crippen molar-refractivity contribution in [1.29, 1.82) is 0 Å². The van der Waals surface area contributed by atoms with Crippen LogP contribution in [0.3, 0.4) is 0 Å². The van der Waals surface area contributed by atoms with Gasteiger partial charge in [0.2, 0.25) is 11.3 Å². The third-order valence-corrected chi connectivity index (χ3v) is 4.53. The molecule has 4 aromatic rings. The minimum atomic E-state index is 0.290. The molecule has 0 aliphatic carbocycles. The number of nitrogens with zero attached hydrogens (tertiary/aromatic N) is 5. The Hall–Kier alpha value is -2.85. The minimum absolute atomic E-state index is 0.290. The number of anilines is 3. The number of benzene rings is 2. The van der Waals surface area contributed by atoms with Crippen LogP contribution in [-0.4, -0.2) is 26.5 Å². The molecule has 0 unspecified atom stereocenters. The lowest BCUT2D eigenvalue weighted by Crippen LogP contribution is -2.03. The Kier molecular flexibility index (Phi) is 5.07. The summed E-state index contributed by atoms with van der Waals surface area (Å²) in [5.41, 5.74) is 5.26. The van der Waals surface area contributed by atoms with Gasteiger partial charge in [-0.25, -0.2) is 9.61 Å². The van der Waals surface area contributed by atoms with Crippen molar-refractivity contribution in [3.05, 3.63) is 63.0 Å². The summed E-state index contributed by atoms with van der Waals surface area (Å²) in [6.45, 7) is 0. The predicted molar refractivity (Wildman–Crippen MR) is 110 cm³/mol. The van der Waals surface area contributed by atoms with Crippen LogP contribution in [0.2, 0.25) is 0 Å². The van der Waals surface area contributed by atoms with E-state index in [4.69, 9.17) is 4.63 Å². The Morgan fingerprint density at radius 3 is 2.07 bits per heavy atom. The van der Waals surface area contributed by atoms with Crippen molar-refractivity contribution in [3.8, 4) is 0 Å². The van der Waals surface area contributed by atoms with Gasteiger partial charge >= 0.3 is 0 Å². The van der Waals surface area contributed by atoms with Gasteiger partial charge in [-0.3, -0.25) is 5.43 Å². The maximum Gasteiger partial charge on any atom is 0.245 e. The number of hydrazone groups is 1. The average Bonchev–Trinajstić information content (AvgIpc) is 3.12. The standard InChI is InChI=1S/C17H11Br2N7O/c18-11-3-1-10(2-4-11)9-20-24-15-14(21-13-7-5-12(19)6-8-13)22-16-17(23-15)26-27-25-16/h1-9H,(H,21,22,25)(H,23,24,26)/b20-9+. The SMILES string of the molecule is Brc1ccc(/C=N/Nc2nc3nonc3nc2Nc2ccc(Br)cc2)cc1. The molecule has 0 spiro atoms. The van der Waals surface area contributed by atoms with Gasteiger partial charge in [-0.2, -0.15) is 10.1 Å². The highest BCUT2D eigenvalue weighted by molar-refractivity contribution is 9.10. The Bertz CT molecular complexity index is 1090. The van der Waals surface area contributed by atoms with Crippen molar-refractivity contribution in [2.24, 2.45) is 5.10 Å². The van der Waals surface area contributed by atoms with E-state index >= 15 is 0 Å². The molecule has 134 valence electrons. The molecule has 0 bridgehead atoms. The molecule has 8 nitrogen and oxygen atoms in total. The van der Waals surface area contributed by atoms with E-state index in [2.05, 4.69) is 68.0 Å². The molecule has 27 heavy (non-hydrogen) atoms. The first-order valence-electron chi connectivity index (χ1n) is 7.75. The van der Waals surface area contributed by atoms with Gasteiger partial charge in [0, 0.05) is 14.6 Å². The van der Waals surface area contributed by atoms with Crippen LogP contribution >= 0.6 is 31.9 Å². The highest BCUT2D eigenvalue weighted by Gasteiger charge is 2.12. The lowest BCUT2D eigenvalue weighted by Gasteiger charge is -2.09. The quantitative estimate of drug-likeness (QED) is 0.309. The molecule has 0 atom stereocenters. The van der Waals surface area contributed by atoms with Crippen LogP contribution in [0.25, 0.3) is 11.3 Å². The third kappa shape index (κ3) is 4.29. The van der Waals surface area contributed by atoms with Gasteiger partial charge < -0.3 is 5.32 Å². The van der Waals surface area contributed by atoms with E-state index in [1.807, 2.05) is 48.5 Å². The van der Waals surface area contributed by atoms with Crippen LogP contribution in [0.15, 0.2) is 67.2 Å². The highest BCUT2D eigenvalue weighted by Crippen LogP contribution is 2.24. The fourth-order valence-electron chi connectivity index (χ4n) is 2.19. The first-order valence-corrected chi connectivity index (χ1v) is 9.33. The molecule has 0 fully saturated rings. The van der Waals surface area contributed by atoms with Gasteiger partial charge in [0.15, 0.2) is 11.6 Å². The largest absolute Gasteiger partial charge is 0.337 e. The van der Waals surface area contributed by atoms with Crippen LogP contribution in [-0.2, 0) is 0 Å². The number of aromatic nitrogens is 4. The van der Waals surface area contributed by atoms with Gasteiger partial charge in [-0.05, 0) is 52.3 Å². The van der Waals surface area contributed by atoms with E-state index in [0.29, 0.717) is 17.3 Å². The number of fused-ring (bicyclic) bond motifs is 1.